The van der Waals surface area contributed by atoms with Crippen molar-refractivity contribution >= 4 is 5.97 Å². The van der Waals surface area contributed by atoms with E-state index in [9.17, 15) is 4.79 Å². The van der Waals surface area contributed by atoms with Gasteiger partial charge < -0.3 is 10.0 Å². The van der Waals surface area contributed by atoms with Crippen molar-refractivity contribution in [3.63, 3.8) is 0 Å². The molecule has 1 N–H and O–H groups in total. The van der Waals surface area contributed by atoms with Crippen LogP contribution in [0.3, 0.4) is 0 Å². The minimum absolute atomic E-state index is 0.272. The first-order valence-corrected chi connectivity index (χ1v) is 6.59. The molecule has 1 aliphatic rings. The fourth-order valence-corrected chi connectivity index (χ4v) is 2.92. The number of aliphatic carboxylic acids is 1. The van der Waals surface area contributed by atoms with Crippen LogP contribution in [0.2, 0.25) is 0 Å². The first-order chi connectivity index (χ1) is 7.91. The van der Waals surface area contributed by atoms with Gasteiger partial charge in [-0.15, -0.1) is 0 Å². The third kappa shape index (κ3) is 4.28. The highest BCUT2D eigenvalue weighted by Gasteiger charge is 2.30. The number of carboxylic acids is 1. The largest absolute Gasteiger partial charge is 0.481 e. The molecule has 1 rings (SSSR count). The van der Waals surface area contributed by atoms with E-state index in [2.05, 4.69) is 37.6 Å². The van der Waals surface area contributed by atoms with Crippen LogP contribution in [-0.2, 0) is 4.79 Å². The Bertz CT molecular complexity index is 256. The second-order valence-electron chi connectivity index (χ2n) is 5.53. The molecular formula is C13H26N2O2. The summed E-state index contributed by atoms with van der Waals surface area (Å²) in [5.74, 6) is -0.687. The van der Waals surface area contributed by atoms with Gasteiger partial charge in [0.25, 0.3) is 0 Å². The van der Waals surface area contributed by atoms with Crippen LogP contribution in [0.1, 0.15) is 40.0 Å². The van der Waals surface area contributed by atoms with Crippen LogP contribution in [0.5, 0.6) is 0 Å². The van der Waals surface area contributed by atoms with Crippen LogP contribution < -0.4 is 0 Å². The van der Waals surface area contributed by atoms with E-state index in [1.165, 1.54) is 0 Å². The van der Waals surface area contributed by atoms with E-state index in [0.29, 0.717) is 18.1 Å². The van der Waals surface area contributed by atoms with Crippen molar-refractivity contribution in [3.8, 4) is 0 Å². The van der Waals surface area contributed by atoms with Crippen molar-refractivity contribution in [2.24, 2.45) is 0 Å². The van der Waals surface area contributed by atoms with Gasteiger partial charge in [0.1, 0.15) is 0 Å². The molecule has 0 spiro atoms. The molecule has 0 aromatic heterocycles. The molecule has 100 valence electrons. The molecule has 0 bridgehead atoms. The molecule has 0 radical (unpaired) electrons. The Balaban J connectivity index is 2.72. The van der Waals surface area contributed by atoms with Gasteiger partial charge in [0, 0.05) is 31.1 Å². The summed E-state index contributed by atoms with van der Waals surface area (Å²) in [5, 5.41) is 8.84. The highest BCUT2D eigenvalue weighted by molar-refractivity contribution is 5.66. The molecular weight excluding hydrogens is 216 g/mol. The lowest BCUT2D eigenvalue weighted by atomic mass is 10.0. The minimum Gasteiger partial charge on any atom is -0.481 e. The highest BCUT2D eigenvalue weighted by atomic mass is 16.4. The van der Waals surface area contributed by atoms with E-state index < -0.39 is 5.97 Å². The third-order valence-corrected chi connectivity index (χ3v) is 3.67. The zero-order valence-corrected chi connectivity index (χ0v) is 11.5. The maximum Gasteiger partial charge on any atom is 0.303 e. The zero-order valence-electron chi connectivity index (χ0n) is 11.5. The molecule has 2 unspecified atom stereocenters. The topological polar surface area (TPSA) is 43.8 Å². The fraction of sp³-hybridized carbons (Fsp3) is 0.923. The van der Waals surface area contributed by atoms with E-state index in [-0.39, 0.29) is 6.42 Å². The number of hydrogen-bond donors (Lipinski definition) is 1. The van der Waals surface area contributed by atoms with Gasteiger partial charge in [-0.25, -0.2) is 0 Å². The van der Waals surface area contributed by atoms with Crippen molar-refractivity contribution in [2.75, 3.05) is 20.1 Å². The summed E-state index contributed by atoms with van der Waals surface area (Å²) >= 11 is 0. The van der Waals surface area contributed by atoms with E-state index in [1.54, 1.807) is 0 Å². The number of nitrogens with zero attached hydrogens (tertiary/aromatic N) is 2. The van der Waals surface area contributed by atoms with Gasteiger partial charge in [-0.1, -0.05) is 0 Å². The lowest BCUT2D eigenvalue weighted by Crippen LogP contribution is -2.47. The number of rotatable bonds is 4. The summed E-state index contributed by atoms with van der Waals surface area (Å²) in [4.78, 5) is 15.6. The lowest BCUT2D eigenvalue weighted by molar-refractivity contribution is -0.137. The van der Waals surface area contributed by atoms with Gasteiger partial charge in [0.2, 0.25) is 0 Å². The van der Waals surface area contributed by atoms with Crippen molar-refractivity contribution in [3.05, 3.63) is 0 Å². The van der Waals surface area contributed by atoms with Gasteiger partial charge in [-0.2, -0.15) is 0 Å². The van der Waals surface area contributed by atoms with Crippen LogP contribution in [0.15, 0.2) is 0 Å². The summed E-state index contributed by atoms with van der Waals surface area (Å²) in [5.41, 5.74) is 0. The van der Waals surface area contributed by atoms with Gasteiger partial charge in [-0.05, 0) is 47.2 Å². The Kier molecular flexibility index (Phi) is 5.40. The Labute approximate surface area is 105 Å². The maximum absolute atomic E-state index is 10.7. The normalized spacial score (nSPS) is 28.3. The van der Waals surface area contributed by atoms with Crippen molar-refractivity contribution in [1.29, 1.82) is 0 Å². The second-order valence-corrected chi connectivity index (χ2v) is 5.53. The first kappa shape index (κ1) is 14.5. The number of carbonyl (C=O) groups is 1. The van der Waals surface area contributed by atoms with Crippen LogP contribution in [-0.4, -0.2) is 59.1 Å². The van der Waals surface area contributed by atoms with Crippen LogP contribution >= 0.6 is 0 Å². The average molecular weight is 242 g/mol. The molecule has 1 aliphatic heterocycles. The fourth-order valence-electron chi connectivity index (χ4n) is 2.92. The molecule has 0 aromatic carbocycles. The summed E-state index contributed by atoms with van der Waals surface area (Å²) in [7, 11) is 2.13. The Morgan fingerprint density at radius 1 is 1.47 bits per heavy atom. The zero-order chi connectivity index (χ0) is 13.0. The van der Waals surface area contributed by atoms with Gasteiger partial charge in [-0.3, -0.25) is 9.69 Å². The Hall–Kier alpha value is -0.610. The van der Waals surface area contributed by atoms with E-state index in [1.807, 2.05) is 0 Å². The van der Waals surface area contributed by atoms with E-state index in [4.69, 9.17) is 5.11 Å². The van der Waals surface area contributed by atoms with Crippen molar-refractivity contribution in [1.82, 2.24) is 9.80 Å². The second kappa shape index (κ2) is 6.36. The van der Waals surface area contributed by atoms with Crippen LogP contribution in [0.25, 0.3) is 0 Å². The predicted octanol–water partition coefficient (Wildman–Crippen LogP) is 1.65. The number of likely N-dealkylation sites (N-methyl/N-ethyl adjacent to an activating group) is 1. The van der Waals surface area contributed by atoms with Crippen LogP contribution in [0, 0.1) is 0 Å². The highest BCUT2D eigenvalue weighted by Crippen LogP contribution is 2.21. The molecule has 1 saturated heterocycles. The van der Waals surface area contributed by atoms with Crippen molar-refractivity contribution in [2.45, 2.75) is 58.2 Å². The molecule has 2 atom stereocenters. The van der Waals surface area contributed by atoms with Crippen molar-refractivity contribution < 1.29 is 9.90 Å². The standard InChI is InChI=1S/C13H26N2O2/c1-10(2)15-11(3)7-8-14(4)9-12(15)5-6-13(16)17/h10-12H,5-9H2,1-4H3,(H,16,17). The third-order valence-electron chi connectivity index (χ3n) is 3.67. The average Bonchev–Trinajstić information content (AvgIpc) is 2.35. The van der Waals surface area contributed by atoms with E-state index >= 15 is 0 Å². The Morgan fingerprint density at radius 2 is 2.12 bits per heavy atom. The first-order valence-electron chi connectivity index (χ1n) is 6.59. The SMILES string of the molecule is CC(C)N1C(C)CCN(C)CC1CCC(=O)O. The van der Waals surface area contributed by atoms with Gasteiger partial charge in [0.15, 0.2) is 0 Å². The predicted molar refractivity (Wildman–Crippen MR) is 69.2 cm³/mol. The molecule has 1 fully saturated rings. The van der Waals surface area contributed by atoms with E-state index in [0.717, 1.165) is 25.9 Å². The maximum atomic E-state index is 10.7. The molecule has 1 heterocycles. The van der Waals surface area contributed by atoms with Gasteiger partial charge >= 0.3 is 5.97 Å². The smallest absolute Gasteiger partial charge is 0.303 e. The minimum atomic E-state index is -0.687. The number of carboxylic acid groups (broad SMARTS) is 1. The van der Waals surface area contributed by atoms with Crippen LogP contribution in [0.4, 0.5) is 0 Å². The summed E-state index contributed by atoms with van der Waals surface area (Å²) in [6, 6.07) is 1.39. The molecule has 4 heteroatoms. The quantitative estimate of drug-likeness (QED) is 0.814. The molecule has 0 amide bonds. The molecule has 0 aliphatic carbocycles. The molecule has 4 nitrogen and oxygen atoms in total. The summed E-state index contributed by atoms with van der Waals surface area (Å²) < 4.78 is 0. The summed E-state index contributed by atoms with van der Waals surface area (Å²) in [6.45, 7) is 8.75. The Morgan fingerprint density at radius 3 is 2.65 bits per heavy atom. The molecule has 17 heavy (non-hydrogen) atoms. The molecule has 0 saturated carbocycles. The number of hydrogen-bond acceptors (Lipinski definition) is 3. The molecule has 0 aromatic rings. The van der Waals surface area contributed by atoms with Gasteiger partial charge in [0.05, 0.1) is 0 Å². The monoisotopic (exact) mass is 242 g/mol. The lowest BCUT2D eigenvalue weighted by Gasteiger charge is -2.38. The summed E-state index contributed by atoms with van der Waals surface area (Å²) in [6.07, 6.45) is 2.19.